The topological polar surface area (TPSA) is 81.1 Å². The average molecular weight is 343 g/mol. The molecule has 134 valence electrons. The summed E-state index contributed by atoms with van der Waals surface area (Å²) in [7, 11) is 0. The number of carbonyl (C=O) groups excluding carboxylic acids is 1. The number of hydrogen-bond acceptors (Lipinski definition) is 5. The second-order valence-corrected chi connectivity index (χ2v) is 7.23. The van der Waals surface area contributed by atoms with E-state index in [4.69, 9.17) is 4.74 Å². The molecular weight excluding hydrogens is 318 g/mol. The Kier molecular flexibility index (Phi) is 5.03. The fourth-order valence-electron chi connectivity index (χ4n) is 2.81. The lowest BCUT2D eigenvalue weighted by Gasteiger charge is -2.23. The minimum absolute atomic E-state index is 0.287. The maximum atomic E-state index is 12.5. The molecule has 1 aliphatic heterocycles. The third-order valence-corrected chi connectivity index (χ3v) is 3.98. The second kappa shape index (κ2) is 7.23. The molecule has 1 amide bonds. The van der Waals surface area contributed by atoms with Gasteiger partial charge in [0, 0.05) is 0 Å². The van der Waals surface area contributed by atoms with Gasteiger partial charge < -0.3 is 15.4 Å². The lowest BCUT2D eigenvalue weighted by atomic mass is 10.1. The van der Waals surface area contributed by atoms with E-state index in [2.05, 4.69) is 20.9 Å². The summed E-state index contributed by atoms with van der Waals surface area (Å²) in [6, 6.07) is 7.69. The van der Waals surface area contributed by atoms with E-state index in [0.29, 0.717) is 23.2 Å². The summed E-state index contributed by atoms with van der Waals surface area (Å²) >= 11 is 0. The Balaban J connectivity index is 1.71. The Labute approximate surface area is 147 Å². The zero-order chi connectivity index (χ0) is 17.9. The molecule has 1 fully saturated rings. The van der Waals surface area contributed by atoms with Crippen molar-refractivity contribution in [2.24, 2.45) is 0 Å². The molecule has 0 aliphatic carbocycles. The molecule has 1 saturated heterocycles. The van der Waals surface area contributed by atoms with Crippen molar-refractivity contribution in [3.63, 3.8) is 0 Å². The van der Waals surface area contributed by atoms with Crippen molar-refractivity contribution in [1.82, 2.24) is 20.3 Å². The molecule has 2 heterocycles. The zero-order valence-electron chi connectivity index (χ0n) is 15.0. The van der Waals surface area contributed by atoms with Crippen LogP contribution in [0.15, 0.2) is 30.5 Å². The number of anilines is 1. The summed E-state index contributed by atoms with van der Waals surface area (Å²) in [5, 5.41) is 14.4. The highest BCUT2D eigenvalue weighted by molar-refractivity contribution is 6.03. The highest BCUT2D eigenvalue weighted by atomic mass is 16.5. The van der Waals surface area contributed by atoms with Gasteiger partial charge in [0.15, 0.2) is 5.69 Å². The number of para-hydroxylation sites is 2. The molecule has 1 aromatic heterocycles. The molecule has 0 radical (unpaired) electrons. The maximum Gasteiger partial charge on any atom is 0.277 e. The molecule has 25 heavy (non-hydrogen) atoms. The van der Waals surface area contributed by atoms with E-state index >= 15 is 0 Å². The first-order valence-corrected chi connectivity index (χ1v) is 8.64. The van der Waals surface area contributed by atoms with E-state index < -0.39 is 0 Å². The number of rotatable bonds is 4. The van der Waals surface area contributed by atoms with Gasteiger partial charge in [0.2, 0.25) is 0 Å². The molecule has 0 unspecified atom stereocenters. The summed E-state index contributed by atoms with van der Waals surface area (Å²) in [5.74, 6) is 0.347. The Hall–Kier alpha value is -2.41. The van der Waals surface area contributed by atoms with E-state index in [0.717, 1.165) is 25.9 Å². The van der Waals surface area contributed by atoms with Crippen LogP contribution in [-0.4, -0.2) is 39.6 Å². The van der Waals surface area contributed by atoms with Gasteiger partial charge in [-0.05, 0) is 58.8 Å². The van der Waals surface area contributed by atoms with Crippen LogP contribution in [-0.2, 0) is 0 Å². The van der Waals surface area contributed by atoms with E-state index in [1.807, 2.05) is 45.0 Å². The van der Waals surface area contributed by atoms with Crippen molar-refractivity contribution >= 4 is 11.6 Å². The number of aromatic nitrogens is 3. The Morgan fingerprint density at radius 1 is 1.28 bits per heavy atom. The van der Waals surface area contributed by atoms with Crippen molar-refractivity contribution in [3.05, 3.63) is 36.2 Å². The standard InChI is InChI=1S/C18H25N5O2/c1-18(2,3)25-16-7-5-4-6-14(16)20-17(24)15-12-23(22-21-15)13-8-10-19-11-9-13/h4-7,12-13,19H,8-11H2,1-3H3,(H,20,24). The van der Waals surface area contributed by atoms with E-state index in [1.165, 1.54) is 0 Å². The van der Waals surface area contributed by atoms with Crippen LogP contribution >= 0.6 is 0 Å². The van der Waals surface area contributed by atoms with Crippen LogP contribution in [0.2, 0.25) is 0 Å². The lowest BCUT2D eigenvalue weighted by Crippen LogP contribution is -2.29. The molecule has 1 aromatic carbocycles. The number of carbonyl (C=O) groups is 1. The Morgan fingerprint density at radius 2 is 2.00 bits per heavy atom. The van der Waals surface area contributed by atoms with Crippen LogP contribution in [0.4, 0.5) is 5.69 Å². The summed E-state index contributed by atoms with van der Waals surface area (Å²) in [6.45, 7) is 7.83. The molecule has 0 atom stereocenters. The molecule has 1 aliphatic rings. The van der Waals surface area contributed by atoms with E-state index in [9.17, 15) is 4.79 Å². The van der Waals surface area contributed by atoms with Crippen molar-refractivity contribution in [1.29, 1.82) is 0 Å². The lowest BCUT2D eigenvalue weighted by molar-refractivity contribution is 0.101. The highest BCUT2D eigenvalue weighted by Gasteiger charge is 2.20. The molecule has 2 N–H and O–H groups in total. The van der Waals surface area contributed by atoms with Crippen LogP contribution in [0.3, 0.4) is 0 Å². The molecule has 0 spiro atoms. The van der Waals surface area contributed by atoms with Gasteiger partial charge in [-0.25, -0.2) is 4.68 Å². The first-order valence-electron chi connectivity index (χ1n) is 8.64. The molecule has 0 bridgehead atoms. The third kappa shape index (κ3) is 4.57. The van der Waals surface area contributed by atoms with Gasteiger partial charge in [0.05, 0.1) is 17.9 Å². The molecule has 2 aromatic rings. The molecule has 0 saturated carbocycles. The van der Waals surface area contributed by atoms with Gasteiger partial charge in [-0.1, -0.05) is 17.3 Å². The average Bonchev–Trinajstić information content (AvgIpc) is 3.06. The van der Waals surface area contributed by atoms with Crippen molar-refractivity contribution in [2.75, 3.05) is 18.4 Å². The molecular formula is C18H25N5O2. The molecule has 7 nitrogen and oxygen atoms in total. The second-order valence-electron chi connectivity index (χ2n) is 7.23. The normalized spacial score (nSPS) is 15.8. The first kappa shape index (κ1) is 17.4. The Bertz CT molecular complexity index is 729. The number of ether oxygens (including phenoxy) is 1. The van der Waals surface area contributed by atoms with Crippen LogP contribution in [0, 0.1) is 0 Å². The van der Waals surface area contributed by atoms with Crippen LogP contribution in [0.25, 0.3) is 0 Å². The summed E-state index contributed by atoms with van der Waals surface area (Å²) in [5.41, 5.74) is 0.585. The number of amides is 1. The molecule has 3 rings (SSSR count). The fourth-order valence-corrected chi connectivity index (χ4v) is 2.81. The summed E-state index contributed by atoms with van der Waals surface area (Å²) in [4.78, 5) is 12.5. The number of piperidine rings is 1. The highest BCUT2D eigenvalue weighted by Crippen LogP contribution is 2.28. The van der Waals surface area contributed by atoms with Crippen molar-refractivity contribution in [2.45, 2.75) is 45.3 Å². The van der Waals surface area contributed by atoms with Gasteiger partial charge in [-0.15, -0.1) is 5.10 Å². The quantitative estimate of drug-likeness (QED) is 0.892. The SMILES string of the molecule is CC(C)(C)Oc1ccccc1NC(=O)c1cn(C2CCNCC2)nn1. The van der Waals surface area contributed by atoms with Crippen molar-refractivity contribution in [3.8, 4) is 5.75 Å². The number of nitrogens with zero attached hydrogens (tertiary/aromatic N) is 3. The van der Waals surface area contributed by atoms with Crippen LogP contribution in [0.1, 0.15) is 50.1 Å². The molecule has 7 heteroatoms. The van der Waals surface area contributed by atoms with Crippen molar-refractivity contribution < 1.29 is 9.53 Å². The van der Waals surface area contributed by atoms with Crippen LogP contribution in [0.5, 0.6) is 5.75 Å². The summed E-state index contributed by atoms with van der Waals surface area (Å²) in [6.07, 6.45) is 3.71. The van der Waals surface area contributed by atoms with Gasteiger partial charge >= 0.3 is 0 Å². The predicted octanol–water partition coefficient (Wildman–Crippen LogP) is 2.63. The minimum atomic E-state index is -0.348. The predicted molar refractivity (Wildman–Crippen MR) is 95.9 cm³/mol. The smallest absolute Gasteiger partial charge is 0.277 e. The van der Waals surface area contributed by atoms with E-state index in [-0.39, 0.29) is 11.5 Å². The maximum absolute atomic E-state index is 12.5. The van der Waals surface area contributed by atoms with Gasteiger partial charge in [0.1, 0.15) is 11.4 Å². The number of nitrogens with one attached hydrogen (secondary N) is 2. The van der Waals surface area contributed by atoms with E-state index in [1.54, 1.807) is 10.9 Å². The first-order chi connectivity index (χ1) is 11.9. The van der Waals surface area contributed by atoms with Crippen LogP contribution < -0.4 is 15.4 Å². The summed E-state index contributed by atoms with van der Waals surface area (Å²) < 4.78 is 7.71. The Morgan fingerprint density at radius 3 is 2.72 bits per heavy atom. The van der Waals surface area contributed by atoms with Gasteiger partial charge in [0.25, 0.3) is 5.91 Å². The van der Waals surface area contributed by atoms with Gasteiger partial charge in [-0.3, -0.25) is 4.79 Å². The monoisotopic (exact) mass is 343 g/mol. The number of hydrogen-bond donors (Lipinski definition) is 2. The fraction of sp³-hybridized carbons (Fsp3) is 0.500. The zero-order valence-corrected chi connectivity index (χ0v) is 15.0. The minimum Gasteiger partial charge on any atom is -0.486 e. The van der Waals surface area contributed by atoms with Gasteiger partial charge in [-0.2, -0.15) is 0 Å². The third-order valence-electron chi connectivity index (χ3n) is 3.98. The largest absolute Gasteiger partial charge is 0.486 e. The number of benzene rings is 1.